The maximum Gasteiger partial charge on any atom is 0.204 e. The van der Waals surface area contributed by atoms with E-state index in [2.05, 4.69) is 27.7 Å². The maximum absolute atomic E-state index is 4.37. The Hall–Kier alpha value is -1.75. The second-order valence-corrected chi connectivity index (χ2v) is 4.14. The van der Waals surface area contributed by atoms with E-state index in [1.807, 2.05) is 30.3 Å². The first kappa shape index (κ1) is 12.7. The molecule has 0 unspecified atom stereocenters. The van der Waals surface area contributed by atoms with Crippen molar-refractivity contribution in [2.45, 2.75) is 26.3 Å². The predicted molar refractivity (Wildman–Crippen MR) is 71.0 cm³/mol. The molecule has 0 aliphatic carbocycles. The summed E-state index contributed by atoms with van der Waals surface area (Å²) in [6.07, 6.45) is 2.20. The van der Waals surface area contributed by atoms with Gasteiger partial charge in [-0.1, -0.05) is 37.3 Å². The van der Waals surface area contributed by atoms with Gasteiger partial charge in [-0.3, -0.25) is 0 Å². The van der Waals surface area contributed by atoms with Gasteiger partial charge in [0.15, 0.2) is 0 Å². The smallest absolute Gasteiger partial charge is 0.204 e. The van der Waals surface area contributed by atoms with Gasteiger partial charge in [0, 0.05) is 5.56 Å². The minimum absolute atomic E-state index is 0.697. The summed E-state index contributed by atoms with van der Waals surface area (Å²) in [6.45, 7) is 5.02. The fraction of sp³-hybridized carbons (Fsp3) is 0.462. The summed E-state index contributed by atoms with van der Waals surface area (Å²) in [7, 11) is 0. The lowest BCUT2D eigenvalue weighted by molar-refractivity contribution is 0.481. The summed E-state index contributed by atoms with van der Waals surface area (Å²) in [5.41, 5.74) is 1.01. The second kappa shape index (κ2) is 6.86. The monoisotopic (exact) mass is 245 g/mol. The topological polar surface area (TPSA) is 55.6 Å². The third-order valence-electron chi connectivity index (χ3n) is 2.70. The van der Waals surface area contributed by atoms with Crippen LogP contribution < -0.4 is 5.32 Å². The van der Waals surface area contributed by atoms with Crippen molar-refractivity contribution >= 4 is 0 Å². The summed E-state index contributed by atoms with van der Waals surface area (Å²) in [5, 5.41) is 15.8. The molecule has 1 heterocycles. The molecule has 0 bridgehead atoms. The minimum atomic E-state index is 0.697. The van der Waals surface area contributed by atoms with E-state index in [0.717, 1.165) is 38.0 Å². The van der Waals surface area contributed by atoms with Crippen LogP contribution in [0.1, 0.15) is 19.8 Å². The van der Waals surface area contributed by atoms with E-state index in [-0.39, 0.29) is 0 Å². The molecule has 0 fully saturated rings. The van der Waals surface area contributed by atoms with E-state index >= 15 is 0 Å². The molecule has 5 heteroatoms. The first-order chi connectivity index (χ1) is 8.90. The van der Waals surface area contributed by atoms with Crippen LogP contribution in [0.15, 0.2) is 30.3 Å². The minimum Gasteiger partial charge on any atom is -0.317 e. The second-order valence-electron chi connectivity index (χ2n) is 4.14. The van der Waals surface area contributed by atoms with E-state index in [1.54, 1.807) is 4.80 Å². The van der Waals surface area contributed by atoms with Crippen molar-refractivity contribution in [3.05, 3.63) is 30.3 Å². The van der Waals surface area contributed by atoms with Gasteiger partial charge in [-0.15, -0.1) is 10.2 Å². The lowest BCUT2D eigenvalue weighted by Gasteiger charge is -2.00. The van der Waals surface area contributed by atoms with Crippen LogP contribution in [-0.2, 0) is 6.54 Å². The molecule has 0 saturated heterocycles. The molecule has 0 amide bonds. The Balaban J connectivity index is 1.83. The number of tetrazole rings is 1. The highest BCUT2D eigenvalue weighted by Crippen LogP contribution is 2.11. The average Bonchev–Trinajstić information content (AvgIpc) is 2.88. The number of benzene rings is 1. The molecule has 0 atom stereocenters. The van der Waals surface area contributed by atoms with Crippen molar-refractivity contribution in [3.63, 3.8) is 0 Å². The van der Waals surface area contributed by atoms with E-state index in [0.29, 0.717) is 5.82 Å². The van der Waals surface area contributed by atoms with Crippen molar-refractivity contribution in [1.29, 1.82) is 0 Å². The number of aryl methyl sites for hydroxylation is 1. The van der Waals surface area contributed by atoms with Crippen LogP contribution in [0, 0.1) is 0 Å². The van der Waals surface area contributed by atoms with Gasteiger partial charge in [0.2, 0.25) is 5.82 Å². The van der Waals surface area contributed by atoms with Gasteiger partial charge >= 0.3 is 0 Å². The molecule has 96 valence electrons. The number of nitrogens with zero attached hydrogens (tertiary/aromatic N) is 4. The number of nitrogens with one attached hydrogen (secondary N) is 1. The fourth-order valence-electron chi connectivity index (χ4n) is 1.72. The van der Waals surface area contributed by atoms with Gasteiger partial charge in [-0.25, -0.2) is 0 Å². The van der Waals surface area contributed by atoms with Gasteiger partial charge in [0.25, 0.3) is 0 Å². The summed E-state index contributed by atoms with van der Waals surface area (Å²) >= 11 is 0. The number of unbranched alkanes of at least 4 members (excludes halogenated alkanes) is 1. The quantitative estimate of drug-likeness (QED) is 0.755. The molecule has 18 heavy (non-hydrogen) atoms. The molecule has 5 nitrogen and oxygen atoms in total. The van der Waals surface area contributed by atoms with Crippen LogP contribution in [-0.4, -0.2) is 33.3 Å². The maximum atomic E-state index is 4.37. The van der Waals surface area contributed by atoms with Crippen LogP contribution in [0.5, 0.6) is 0 Å². The summed E-state index contributed by atoms with van der Waals surface area (Å²) in [6, 6.07) is 9.92. The molecular weight excluding hydrogens is 226 g/mol. The highest BCUT2D eigenvalue weighted by molar-refractivity contribution is 5.52. The molecule has 0 aliphatic rings. The molecular formula is C13H19N5. The first-order valence-corrected chi connectivity index (χ1v) is 6.44. The third-order valence-corrected chi connectivity index (χ3v) is 2.70. The van der Waals surface area contributed by atoms with Crippen LogP contribution in [0.4, 0.5) is 0 Å². The largest absolute Gasteiger partial charge is 0.317 e. The predicted octanol–water partition coefficient (Wildman–Crippen LogP) is 1.73. The molecule has 2 rings (SSSR count). The summed E-state index contributed by atoms with van der Waals surface area (Å²) in [4.78, 5) is 1.67. The van der Waals surface area contributed by atoms with Crippen molar-refractivity contribution in [2.75, 3.05) is 13.1 Å². The Morgan fingerprint density at radius 2 is 2.00 bits per heavy atom. The van der Waals surface area contributed by atoms with Gasteiger partial charge in [-0.2, -0.15) is 4.80 Å². The number of aromatic nitrogens is 4. The van der Waals surface area contributed by atoms with Crippen LogP contribution in [0.3, 0.4) is 0 Å². The Morgan fingerprint density at radius 3 is 2.78 bits per heavy atom. The van der Waals surface area contributed by atoms with Crippen LogP contribution >= 0.6 is 0 Å². The van der Waals surface area contributed by atoms with E-state index in [4.69, 9.17) is 0 Å². The van der Waals surface area contributed by atoms with Gasteiger partial charge in [0.1, 0.15) is 0 Å². The summed E-state index contributed by atoms with van der Waals surface area (Å²) < 4.78 is 0. The van der Waals surface area contributed by atoms with Crippen molar-refractivity contribution < 1.29 is 0 Å². The van der Waals surface area contributed by atoms with Crippen LogP contribution in [0.25, 0.3) is 11.4 Å². The fourth-order valence-corrected chi connectivity index (χ4v) is 1.72. The Bertz CT molecular complexity index is 451. The Morgan fingerprint density at radius 1 is 1.17 bits per heavy atom. The van der Waals surface area contributed by atoms with Gasteiger partial charge in [0.05, 0.1) is 6.54 Å². The molecule has 1 aromatic carbocycles. The molecule has 1 aromatic heterocycles. The zero-order chi connectivity index (χ0) is 12.6. The van der Waals surface area contributed by atoms with Gasteiger partial charge < -0.3 is 5.32 Å². The van der Waals surface area contributed by atoms with E-state index < -0.39 is 0 Å². The van der Waals surface area contributed by atoms with Crippen molar-refractivity contribution in [3.8, 4) is 11.4 Å². The molecule has 1 N–H and O–H groups in total. The molecule has 2 aromatic rings. The highest BCUT2D eigenvalue weighted by Gasteiger charge is 2.04. The number of hydrogen-bond acceptors (Lipinski definition) is 4. The number of rotatable bonds is 7. The number of hydrogen-bond donors (Lipinski definition) is 1. The van der Waals surface area contributed by atoms with Crippen molar-refractivity contribution in [1.82, 2.24) is 25.5 Å². The van der Waals surface area contributed by atoms with E-state index in [9.17, 15) is 0 Å². The van der Waals surface area contributed by atoms with Gasteiger partial charge in [-0.05, 0) is 31.1 Å². The lowest BCUT2D eigenvalue weighted by Crippen LogP contribution is -2.14. The molecule has 0 spiro atoms. The zero-order valence-corrected chi connectivity index (χ0v) is 10.7. The third kappa shape index (κ3) is 3.63. The van der Waals surface area contributed by atoms with Crippen molar-refractivity contribution in [2.24, 2.45) is 0 Å². The van der Waals surface area contributed by atoms with Crippen LogP contribution in [0.2, 0.25) is 0 Å². The Kier molecular flexibility index (Phi) is 4.84. The average molecular weight is 245 g/mol. The lowest BCUT2D eigenvalue weighted by atomic mass is 10.2. The van der Waals surface area contributed by atoms with E-state index in [1.165, 1.54) is 0 Å². The Labute approximate surface area is 107 Å². The molecule has 0 saturated carbocycles. The molecule has 0 radical (unpaired) electrons. The first-order valence-electron chi connectivity index (χ1n) is 6.44. The molecule has 0 aliphatic heterocycles. The summed E-state index contributed by atoms with van der Waals surface area (Å²) in [5.74, 6) is 0.697. The highest BCUT2D eigenvalue weighted by atomic mass is 15.6. The zero-order valence-electron chi connectivity index (χ0n) is 10.7. The normalized spacial score (nSPS) is 10.7. The SMILES string of the molecule is CCNCCCCn1nnc(-c2ccccc2)n1. The standard InChI is InChI=1S/C13H19N5/c1-2-14-10-6-7-11-18-16-13(15-17-18)12-8-4-3-5-9-12/h3-5,8-9,14H,2,6-7,10-11H2,1H3.